The van der Waals surface area contributed by atoms with Gasteiger partial charge in [-0.1, -0.05) is 6.08 Å². The molecule has 0 aromatic carbocycles. The van der Waals surface area contributed by atoms with Crippen LogP contribution in [-0.4, -0.2) is 63.8 Å². The van der Waals surface area contributed by atoms with E-state index in [1.165, 1.54) is 0 Å². The second kappa shape index (κ2) is 11.7. The number of hydrogen-bond donors (Lipinski definition) is 2. The number of unbranched alkanes of at least 4 members (excludes halogenated alkanes) is 1. The maximum atomic E-state index is 4.67. The number of aromatic nitrogens is 4. The van der Waals surface area contributed by atoms with Gasteiger partial charge in [-0.2, -0.15) is 5.10 Å². The minimum atomic E-state index is 0. The molecule has 0 fully saturated rings. The van der Waals surface area contributed by atoms with Crippen molar-refractivity contribution in [2.24, 2.45) is 12.0 Å². The molecular formula is C17H29IN8. The maximum Gasteiger partial charge on any atom is 0.193 e. The molecule has 0 unspecified atom stereocenters. The molecule has 2 aromatic rings. The Morgan fingerprint density at radius 1 is 1.42 bits per heavy atom. The van der Waals surface area contributed by atoms with Gasteiger partial charge in [0.1, 0.15) is 12.1 Å². The summed E-state index contributed by atoms with van der Waals surface area (Å²) < 4.78 is 1.74. The van der Waals surface area contributed by atoms with Gasteiger partial charge in [0.25, 0.3) is 0 Å². The first-order chi connectivity index (χ1) is 12.2. The van der Waals surface area contributed by atoms with E-state index in [2.05, 4.69) is 56.1 Å². The standard InChI is InChI=1S/C17H28N8.HI/c1-5-7-8-11-24(3)17(18-6-2)20-10-9-19-15-14-12-23-25(4)16(14)22-13-21-15;/h5,12-13H,1,6-11H2,2-4H3,(H,18,20)(H,19,21,22);1H. The fourth-order valence-corrected chi connectivity index (χ4v) is 2.49. The number of nitrogens with zero attached hydrogens (tertiary/aromatic N) is 6. The molecule has 0 atom stereocenters. The fraction of sp³-hybridized carbons (Fsp3) is 0.529. The van der Waals surface area contributed by atoms with Crippen LogP contribution < -0.4 is 10.6 Å². The van der Waals surface area contributed by atoms with Crippen LogP contribution in [0, 0.1) is 0 Å². The van der Waals surface area contributed by atoms with E-state index in [4.69, 9.17) is 0 Å². The van der Waals surface area contributed by atoms with Gasteiger partial charge in [0.05, 0.1) is 18.1 Å². The van der Waals surface area contributed by atoms with Crippen molar-refractivity contribution < 1.29 is 0 Å². The molecule has 0 aliphatic carbocycles. The van der Waals surface area contributed by atoms with Crippen LogP contribution in [0.1, 0.15) is 19.8 Å². The number of nitrogens with one attached hydrogen (secondary N) is 2. The van der Waals surface area contributed by atoms with Crippen molar-refractivity contribution in [3.63, 3.8) is 0 Å². The van der Waals surface area contributed by atoms with E-state index in [1.54, 1.807) is 17.2 Å². The van der Waals surface area contributed by atoms with Gasteiger partial charge in [0, 0.05) is 33.7 Å². The fourth-order valence-electron chi connectivity index (χ4n) is 2.49. The molecule has 2 heterocycles. The van der Waals surface area contributed by atoms with Crippen LogP contribution in [0.4, 0.5) is 5.82 Å². The highest BCUT2D eigenvalue weighted by Gasteiger charge is 2.07. The minimum Gasteiger partial charge on any atom is -0.367 e. The largest absolute Gasteiger partial charge is 0.367 e. The number of rotatable bonds is 9. The van der Waals surface area contributed by atoms with Crippen LogP contribution in [0.2, 0.25) is 0 Å². The molecular weight excluding hydrogens is 443 g/mol. The van der Waals surface area contributed by atoms with Gasteiger partial charge in [0.15, 0.2) is 11.6 Å². The van der Waals surface area contributed by atoms with Gasteiger partial charge in [0.2, 0.25) is 0 Å². The summed E-state index contributed by atoms with van der Waals surface area (Å²) in [6.07, 6.45) is 7.36. The Morgan fingerprint density at radius 2 is 2.23 bits per heavy atom. The molecule has 9 heteroatoms. The second-order valence-electron chi connectivity index (χ2n) is 5.74. The first-order valence-corrected chi connectivity index (χ1v) is 8.64. The van der Waals surface area contributed by atoms with Crippen LogP contribution in [0.25, 0.3) is 11.0 Å². The molecule has 0 amide bonds. The van der Waals surface area contributed by atoms with Crippen molar-refractivity contribution in [3.05, 3.63) is 25.2 Å². The Kier molecular flexibility index (Phi) is 9.92. The molecule has 0 aliphatic rings. The van der Waals surface area contributed by atoms with Crippen LogP contribution in [0.5, 0.6) is 0 Å². The van der Waals surface area contributed by atoms with Crippen LogP contribution in [-0.2, 0) is 7.05 Å². The van der Waals surface area contributed by atoms with Crippen LogP contribution in [0.3, 0.4) is 0 Å². The molecule has 2 aromatic heterocycles. The predicted molar refractivity (Wildman–Crippen MR) is 118 cm³/mol. The summed E-state index contributed by atoms with van der Waals surface area (Å²) in [4.78, 5) is 15.4. The molecule has 2 rings (SSSR count). The third kappa shape index (κ3) is 6.11. The SMILES string of the molecule is C=CCCCN(C)C(=NCCNc1ncnc2c1cnn2C)NCC.I. The average molecular weight is 472 g/mol. The van der Waals surface area contributed by atoms with E-state index in [1.807, 2.05) is 13.1 Å². The molecule has 0 radical (unpaired) electrons. The van der Waals surface area contributed by atoms with Crippen molar-refractivity contribution in [1.29, 1.82) is 0 Å². The molecule has 0 saturated heterocycles. The lowest BCUT2D eigenvalue weighted by Crippen LogP contribution is -2.39. The van der Waals surface area contributed by atoms with Crippen molar-refractivity contribution in [2.75, 3.05) is 38.5 Å². The minimum absolute atomic E-state index is 0. The monoisotopic (exact) mass is 472 g/mol. The Hall–Kier alpha value is -1.91. The predicted octanol–water partition coefficient (Wildman–Crippen LogP) is 2.26. The van der Waals surface area contributed by atoms with E-state index in [0.29, 0.717) is 13.1 Å². The van der Waals surface area contributed by atoms with Gasteiger partial charge in [-0.05, 0) is 19.8 Å². The smallest absolute Gasteiger partial charge is 0.193 e. The molecule has 0 bridgehead atoms. The third-order valence-corrected chi connectivity index (χ3v) is 3.79. The van der Waals surface area contributed by atoms with Gasteiger partial charge >= 0.3 is 0 Å². The average Bonchev–Trinajstić information content (AvgIpc) is 3.00. The van der Waals surface area contributed by atoms with Gasteiger partial charge in [-0.25, -0.2) is 9.97 Å². The number of anilines is 1. The normalized spacial score (nSPS) is 11.1. The van der Waals surface area contributed by atoms with Crippen molar-refractivity contribution in [1.82, 2.24) is 30.0 Å². The Bertz CT molecular complexity index is 712. The van der Waals surface area contributed by atoms with Crippen molar-refractivity contribution in [3.8, 4) is 0 Å². The molecule has 0 saturated carbocycles. The Morgan fingerprint density at radius 3 is 2.96 bits per heavy atom. The molecule has 26 heavy (non-hydrogen) atoms. The van der Waals surface area contributed by atoms with E-state index in [0.717, 1.165) is 48.7 Å². The number of aliphatic imine (C=N–C) groups is 1. The summed E-state index contributed by atoms with van der Waals surface area (Å²) in [5.41, 5.74) is 0.816. The number of hydrogen-bond acceptors (Lipinski definition) is 5. The van der Waals surface area contributed by atoms with Crippen molar-refractivity contribution >= 4 is 46.8 Å². The van der Waals surface area contributed by atoms with Crippen LogP contribution >= 0.6 is 24.0 Å². The lowest BCUT2D eigenvalue weighted by Gasteiger charge is -2.21. The lowest BCUT2D eigenvalue weighted by molar-refractivity contribution is 0.470. The molecule has 0 aliphatic heterocycles. The van der Waals surface area contributed by atoms with Crippen molar-refractivity contribution in [2.45, 2.75) is 19.8 Å². The summed E-state index contributed by atoms with van der Waals surface area (Å²) in [6.45, 7) is 8.98. The third-order valence-electron chi connectivity index (χ3n) is 3.79. The highest BCUT2D eigenvalue weighted by atomic mass is 127. The van der Waals surface area contributed by atoms with Gasteiger partial charge in [-0.15, -0.1) is 30.6 Å². The summed E-state index contributed by atoms with van der Waals surface area (Å²) in [5, 5.41) is 11.8. The topological polar surface area (TPSA) is 83.3 Å². The highest BCUT2D eigenvalue weighted by Crippen LogP contribution is 2.17. The van der Waals surface area contributed by atoms with E-state index in [9.17, 15) is 0 Å². The number of halogens is 1. The summed E-state index contributed by atoms with van der Waals surface area (Å²) in [7, 11) is 3.93. The summed E-state index contributed by atoms with van der Waals surface area (Å²) >= 11 is 0. The molecule has 144 valence electrons. The Labute approximate surface area is 172 Å². The second-order valence-corrected chi connectivity index (χ2v) is 5.74. The van der Waals surface area contributed by atoms with E-state index in [-0.39, 0.29) is 24.0 Å². The summed E-state index contributed by atoms with van der Waals surface area (Å²) in [5.74, 6) is 1.71. The molecule has 2 N–H and O–H groups in total. The zero-order valence-electron chi connectivity index (χ0n) is 15.8. The maximum absolute atomic E-state index is 4.67. The van der Waals surface area contributed by atoms with E-state index >= 15 is 0 Å². The number of aryl methyl sites for hydroxylation is 1. The Balaban J connectivity index is 0.00000338. The highest BCUT2D eigenvalue weighted by molar-refractivity contribution is 14.0. The first-order valence-electron chi connectivity index (χ1n) is 8.64. The lowest BCUT2D eigenvalue weighted by atomic mass is 10.3. The van der Waals surface area contributed by atoms with Gasteiger partial charge in [-0.3, -0.25) is 9.67 Å². The molecule has 8 nitrogen and oxygen atoms in total. The number of guanidine groups is 1. The zero-order valence-corrected chi connectivity index (χ0v) is 18.1. The van der Waals surface area contributed by atoms with Crippen LogP contribution in [0.15, 0.2) is 30.2 Å². The number of allylic oxidation sites excluding steroid dienone is 1. The molecule has 0 spiro atoms. The zero-order chi connectivity index (χ0) is 18.1. The number of fused-ring (bicyclic) bond motifs is 1. The van der Waals surface area contributed by atoms with Gasteiger partial charge < -0.3 is 15.5 Å². The quantitative estimate of drug-likeness (QED) is 0.192. The van der Waals surface area contributed by atoms with E-state index < -0.39 is 0 Å². The summed E-state index contributed by atoms with van der Waals surface area (Å²) in [6, 6.07) is 0. The first kappa shape index (κ1) is 22.1.